The number of likely N-dealkylation sites (tertiary alicyclic amines) is 1. The van der Waals surface area contributed by atoms with E-state index in [4.69, 9.17) is 0 Å². The molecule has 0 radical (unpaired) electrons. The third-order valence-electron chi connectivity index (χ3n) is 4.38. The van der Waals surface area contributed by atoms with Crippen molar-refractivity contribution in [2.45, 2.75) is 64.0 Å². The second kappa shape index (κ2) is 5.67. The number of hydrogen-bond acceptors (Lipinski definition) is 1. The van der Waals surface area contributed by atoms with Gasteiger partial charge in [-0.25, -0.2) is 0 Å². The molecule has 0 amide bonds. The van der Waals surface area contributed by atoms with Gasteiger partial charge >= 0.3 is 0 Å². The molecule has 1 heterocycles. The molecule has 1 aliphatic heterocycles. The zero-order valence-corrected chi connectivity index (χ0v) is 11.5. The Kier molecular flexibility index (Phi) is 4.51. The van der Waals surface area contributed by atoms with Crippen LogP contribution in [-0.2, 0) is 0 Å². The van der Waals surface area contributed by atoms with Crippen molar-refractivity contribution in [1.29, 1.82) is 0 Å². The molecule has 88 valence electrons. The number of nitrogens with zero attached hydrogens (tertiary/aromatic N) is 1. The predicted molar refractivity (Wildman–Crippen MR) is 69.6 cm³/mol. The Hall–Kier alpha value is 0.440. The highest BCUT2D eigenvalue weighted by molar-refractivity contribution is 9.09. The quantitative estimate of drug-likeness (QED) is 0.546. The normalized spacial score (nSPS) is 35.6. The first-order valence-electron chi connectivity index (χ1n) is 6.64. The Bertz CT molecular complexity index is 187. The molecule has 0 bridgehead atoms. The summed E-state index contributed by atoms with van der Waals surface area (Å²) in [6, 6.07) is 1.72. The van der Waals surface area contributed by atoms with Gasteiger partial charge in [0, 0.05) is 17.4 Å². The van der Waals surface area contributed by atoms with Gasteiger partial charge in [-0.15, -0.1) is 0 Å². The van der Waals surface area contributed by atoms with Crippen LogP contribution < -0.4 is 0 Å². The average molecular weight is 274 g/mol. The Labute approximate surface area is 103 Å². The molecular weight excluding hydrogens is 250 g/mol. The molecule has 2 atom stereocenters. The lowest BCUT2D eigenvalue weighted by Gasteiger charge is -2.33. The summed E-state index contributed by atoms with van der Waals surface area (Å²) in [5.74, 6) is 0.896. The highest BCUT2D eigenvalue weighted by atomic mass is 79.9. The van der Waals surface area contributed by atoms with E-state index in [9.17, 15) is 0 Å². The molecule has 2 rings (SSSR count). The van der Waals surface area contributed by atoms with Gasteiger partial charge in [-0.2, -0.15) is 0 Å². The molecular formula is C13H24BrN. The molecule has 2 heteroatoms. The summed E-state index contributed by atoms with van der Waals surface area (Å²) in [5.41, 5.74) is 0. The lowest BCUT2D eigenvalue weighted by Crippen LogP contribution is -2.41. The highest BCUT2D eigenvalue weighted by Crippen LogP contribution is 2.32. The van der Waals surface area contributed by atoms with Crippen molar-refractivity contribution in [2.75, 3.05) is 11.9 Å². The van der Waals surface area contributed by atoms with Crippen molar-refractivity contribution < 1.29 is 0 Å². The maximum Gasteiger partial charge on any atom is 0.0221 e. The fourth-order valence-electron chi connectivity index (χ4n) is 3.32. The van der Waals surface area contributed by atoms with Crippen molar-refractivity contribution >= 4 is 15.9 Å². The van der Waals surface area contributed by atoms with Crippen LogP contribution in [0.3, 0.4) is 0 Å². The molecule has 1 nitrogen and oxygen atoms in total. The van der Waals surface area contributed by atoms with Gasteiger partial charge in [0.15, 0.2) is 0 Å². The van der Waals surface area contributed by atoms with E-state index < -0.39 is 0 Å². The largest absolute Gasteiger partial charge is 0.296 e. The molecule has 15 heavy (non-hydrogen) atoms. The van der Waals surface area contributed by atoms with Gasteiger partial charge in [-0.1, -0.05) is 48.5 Å². The fraction of sp³-hybridized carbons (Fsp3) is 1.00. The second-order valence-electron chi connectivity index (χ2n) is 5.37. The average Bonchev–Trinajstić information content (AvgIpc) is 2.48. The van der Waals surface area contributed by atoms with Gasteiger partial charge in [0.1, 0.15) is 0 Å². The van der Waals surface area contributed by atoms with Crippen molar-refractivity contribution in [3.05, 3.63) is 0 Å². The van der Waals surface area contributed by atoms with Crippen LogP contribution in [0.25, 0.3) is 0 Å². The second-order valence-corrected chi connectivity index (χ2v) is 6.02. The van der Waals surface area contributed by atoms with Crippen LogP contribution in [0.1, 0.15) is 51.9 Å². The molecule has 1 aliphatic carbocycles. The zero-order chi connectivity index (χ0) is 10.7. The molecule has 0 spiro atoms. The third kappa shape index (κ3) is 2.76. The molecule has 2 fully saturated rings. The topological polar surface area (TPSA) is 3.24 Å². The van der Waals surface area contributed by atoms with Crippen molar-refractivity contribution in [3.63, 3.8) is 0 Å². The Morgan fingerprint density at radius 1 is 1.07 bits per heavy atom. The summed E-state index contributed by atoms with van der Waals surface area (Å²) in [4.78, 5) is 2.81. The molecule has 1 saturated heterocycles. The van der Waals surface area contributed by atoms with E-state index in [1.807, 2.05) is 0 Å². The predicted octanol–water partition coefficient (Wildman–Crippen LogP) is 3.81. The summed E-state index contributed by atoms with van der Waals surface area (Å²) in [6.07, 6.45) is 10.2. The Morgan fingerprint density at radius 2 is 1.73 bits per heavy atom. The summed E-state index contributed by atoms with van der Waals surface area (Å²) >= 11 is 3.70. The molecule has 0 N–H and O–H groups in total. The Balaban J connectivity index is 1.95. The SMILES string of the molecule is CC1CCN(C2CCCCCC2)C1CBr. The maximum atomic E-state index is 3.70. The first-order valence-corrected chi connectivity index (χ1v) is 7.77. The molecule has 0 aromatic carbocycles. The number of rotatable bonds is 2. The van der Waals surface area contributed by atoms with Gasteiger partial charge < -0.3 is 0 Å². The van der Waals surface area contributed by atoms with Crippen molar-refractivity contribution in [2.24, 2.45) is 5.92 Å². The van der Waals surface area contributed by atoms with Crippen LogP contribution in [0, 0.1) is 5.92 Å². The lowest BCUT2D eigenvalue weighted by atomic mass is 10.0. The summed E-state index contributed by atoms with van der Waals surface area (Å²) in [7, 11) is 0. The van der Waals surface area contributed by atoms with E-state index in [-0.39, 0.29) is 0 Å². The fourth-order valence-corrected chi connectivity index (χ4v) is 4.33. The summed E-state index contributed by atoms with van der Waals surface area (Å²) in [5, 5.41) is 1.17. The molecule has 1 saturated carbocycles. The number of halogens is 1. The maximum absolute atomic E-state index is 3.70. The molecule has 2 unspecified atom stereocenters. The lowest BCUT2D eigenvalue weighted by molar-refractivity contribution is 0.164. The Morgan fingerprint density at radius 3 is 2.33 bits per heavy atom. The van der Waals surface area contributed by atoms with Crippen molar-refractivity contribution in [3.8, 4) is 0 Å². The summed E-state index contributed by atoms with van der Waals surface area (Å²) < 4.78 is 0. The molecule has 2 aliphatic rings. The minimum absolute atomic E-state index is 0.813. The van der Waals surface area contributed by atoms with E-state index in [0.29, 0.717) is 0 Å². The van der Waals surface area contributed by atoms with E-state index in [1.165, 1.54) is 56.8 Å². The monoisotopic (exact) mass is 273 g/mol. The van der Waals surface area contributed by atoms with Crippen LogP contribution in [0.15, 0.2) is 0 Å². The van der Waals surface area contributed by atoms with Crippen LogP contribution in [0.4, 0.5) is 0 Å². The summed E-state index contributed by atoms with van der Waals surface area (Å²) in [6.45, 7) is 3.77. The van der Waals surface area contributed by atoms with E-state index in [2.05, 4.69) is 27.8 Å². The van der Waals surface area contributed by atoms with Gasteiger partial charge in [0.2, 0.25) is 0 Å². The standard InChI is InChI=1S/C13H24BrN/c1-11-8-9-15(13(11)10-14)12-6-4-2-3-5-7-12/h11-13H,2-10H2,1H3. The van der Waals surface area contributed by atoms with Gasteiger partial charge in [0.25, 0.3) is 0 Å². The van der Waals surface area contributed by atoms with Gasteiger partial charge in [-0.05, 0) is 31.7 Å². The van der Waals surface area contributed by atoms with Crippen LogP contribution in [0.5, 0.6) is 0 Å². The number of alkyl halides is 1. The minimum Gasteiger partial charge on any atom is -0.296 e. The third-order valence-corrected chi connectivity index (χ3v) is 5.04. The van der Waals surface area contributed by atoms with E-state index in [0.717, 1.165) is 18.0 Å². The van der Waals surface area contributed by atoms with Gasteiger partial charge in [-0.3, -0.25) is 4.90 Å². The van der Waals surface area contributed by atoms with Crippen molar-refractivity contribution in [1.82, 2.24) is 4.90 Å². The van der Waals surface area contributed by atoms with E-state index >= 15 is 0 Å². The zero-order valence-electron chi connectivity index (χ0n) is 9.92. The molecule has 0 aromatic heterocycles. The first kappa shape index (κ1) is 11.9. The first-order chi connectivity index (χ1) is 7.33. The van der Waals surface area contributed by atoms with Crippen LogP contribution in [-0.4, -0.2) is 28.9 Å². The van der Waals surface area contributed by atoms with E-state index in [1.54, 1.807) is 0 Å². The van der Waals surface area contributed by atoms with Gasteiger partial charge in [0.05, 0.1) is 0 Å². The highest BCUT2D eigenvalue weighted by Gasteiger charge is 2.34. The number of hydrogen-bond donors (Lipinski definition) is 0. The smallest absolute Gasteiger partial charge is 0.0221 e. The molecule has 0 aromatic rings. The minimum atomic E-state index is 0.813. The van der Waals surface area contributed by atoms with Crippen LogP contribution in [0.2, 0.25) is 0 Å². The van der Waals surface area contributed by atoms with Crippen LogP contribution >= 0.6 is 15.9 Å².